The molecule has 2 N–H and O–H groups in total. The molecule has 5 heteroatoms. The first-order valence-corrected chi connectivity index (χ1v) is 8.50. The van der Waals surface area contributed by atoms with E-state index >= 15 is 0 Å². The second-order valence-electron chi connectivity index (χ2n) is 7.32. The summed E-state index contributed by atoms with van der Waals surface area (Å²) >= 11 is 0. The average Bonchev–Trinajstić information content (AvgIpc) is 2.91. The molecule has 1 spiro atoms. The van der Waals surface area contributed by atoms with Crippen LogP contribution in [0.1, 0.15) is 32.1 Å². The third kappa shape index (κ3) is 3.59. The van der Waals surface area contributed by atoms with Crippen LogP contribution in [0.4, 0.5) is 0 Å². The van der Waals surface area contributed by atoms with Crippen LogP contribution in [0.3, 0.4) is 0 Å². The third-order valence-corrected chi connectivity index (χ3v) is 5.43. The lowest BCUT2D eigenvalue weighted by Gasteiger charge is -2.47. The van der Waals surface area contributed by atoms with Crippen LogP contribution in [0.15, 0.2) is 0 Å². The molecule has 0 aromatic carbocycles. The van der Waals surface area contributed by atoms with Gasteiger partial charge in [-0.15, -0.1) is 0 Å². The largest absolute Gasteiger partial charge is 0.347 e. The Morgan fingerprint density at radius 2 is 1.81 bits per heavy atom. The molecule has 21 heavy (non-hydrogen) atoms. The highest BCUT2D eigenvalue weighted by atomic mass is 16.7. The molecule has 1 aliphatic carbocycles. The van der Waals surface area contributed by atoms with Crippen LogP contribution in [-0.4, -0.2) is 74.6 Å². The van der Waals surface area contributed by atoms with Gasteiger partial charge in [0.25, 0.3) is 0 Å². The minimum Gasteiger partial charge on any atom is -0.347 e. The molecule has 2 heterocycles. The second kappa shape index (κ2) is 6.50. The molecule has 0 amide bonds. The Bertz CT molecular complexity index is 336. The van der Waals surface area contributed by atoms with Crippen molar-refractivity contribution in [2.24, 2.45) is 11.7 Å². The standard InChI is InChI=1S/C16H31N3O2/c1-18(2)12-13-4-7-19(8-5-13)15-11-16(6-3-14(15)17)20-9-10-21-16/h13-15H,3-12,17H2,1-2H3. The minimum atomic E-state index is -0.318. The van der Waals surface area contributed by atoms with Crippen LogP contribution in [0, 0.1) is 5.92 Å². The maximum absolute atomic E-state index is 6.42. The molecule has 1 saturated carbocycles. The fourth-order valence-electron chi connectivity index (χ4n) is 4.29. The van der Waals surface area contributed by atoms with Gasteiger partial charge < -0.3 is 20.1 Å². The molecular formula is C16H31N3O2. The number of nitrogens with two attached hydrogens (primary N) is 1. The molecule has 0 radical (unpaired) electrons. The first-order chi connectivity index (χ1) is 10.1. The van der Waals surface area contributed by atoms with Crippen molar-refractivity contribution >= 4 is 0 Å². The highest BCUT2D eigenvalue weighted by molar-refractivity contribution is 4.96. The Balaban J connectivity index is 1.56. The zero-order valence-corrected chi connectivity index (χ0v) is 13.6. The van der Waals surface area contributed by atoms with Gasteiger partial charge >= 0.3 is 0 Å². The first kappa shape index (κ1) is 15.7. The molecule has 2 unspecified atom stereocenters. The van der Waals surface area contributed by atoms with Gasteiger partial charge in [-0.05, 0) is 52.4 Å². The molecule has 3 fully saturated rings. The molecule has 2 saturated heterocycles. The average molecular weight is 297 g/mol. The van der Waals surface area contributed by atoms with Crippen LogP contribution in [-0.2, 0) is 9.47 Å². The van der Waals surface area contributed by atoms with Crippen LogP contribution < -0.4 is 5.73 Å². The summed E-state index contributed by atoms with van der Waals surface area (Å²) in [7, 11) is 4.34. The summed E-state index contributed by atoms with van der Waals surface area (Å²) in [5, 5.41) is 0. The summed E-state index contributed by atoms with van der Waals surface area (Å²) in [5.74, 6) is 0.519. The zero-order valence-electron chi connectivity index (χ0n) is 13.6. The lowest BCUT2D eigenvalue weighted by Crippen LogP contribution is -2.58. The summed E-state index contributed by atoms with van der Waals surface area (Å²) in [4.78, 5) is 4.91. The van der Waals surface area contributed by atoms with Crippen molar-refractivity contribution in [1.82, 2.24) is 9.80 Å². The Labute approximate surface area is 128 Å². The van der Waals surface area contributed by atoms with E-state index in [4.69, 9.17) is 15.2 Å². The summed E-state index contributed by atoms with van der Waals surface area (Å²) in [6.45, 7) is 5.04. The van der Waals surface area contributed by atoms with Gasteiger partial charge in [0, 0.05) is 31.5 Å². The molecule has 2 atom stereocenters. The lowest BCUT2D eigenvalue weighted by atomic mass is 9.83. The fraction of sp³-hybridized carbons (Fsp3) is 1.00. The molecule has 0 aromatic rings. The van der Waals surface area contributed by atoms with E-state index in [9.17, 15) is 0 Å². The molecule has 5 nitrogen and oxygen atoms in total. The molecule has 122 valence electrons. The van der Waals surface area contributed by atoms with Crippen LogP contribution in [0.2, 0.25) is 0 Å². The lowest BCUT2D eigenvalue weighted by molar-refractivity contribution is -0.192. The Morgan fingerprint density at radius 3 is 2.43 bits per heavy atom. The van der Waals surface area contributed by atoms with E-state index in [1.165, 1.54) is 32.5 Å². The normalized spacial score (nSPS) is 34.9. The number of likely N-dealkylation sites (tertiary alicyclic amines) is 1. The topological polar surface area (TPSA) is 51.0 Å². The zero-order chi connectivity index (χ0) is 14.9. The monoisotopic (exact) mass is 297 g/mol. The Kier molecular flexibility index (Phi) is 4.86. The third-order valence-electron chi connectivity index (χ3n) is 5.43. The highest BCUT2D eigenvalue weighted by Gasteiger charge is 2.46. The highest BCUT2D eigenvalue weighted by Crippen LogP contribution is 2.38. The van der Waals surface area contributed by atoms with Gasteiger partial charge in [0.2, 0.25) is 0 Å². The van der Waals surface area contributed by atoms with Crippen molar-refractivity contribution in [1.29, 1.82) is 0 Å². The smallest absolute Gasteiger partial charge is 0.170 e. The van der Waals surface area contributed by atoms with Crippen molar-refractivity contribution in [2.45, 2.75) is 50.0 Å². The van der Waals surface area contributed by atoms with Gasteiger partial charge in [0.05, 0.1) is 13.2 Å². The van der Waals surface area contributed by atoms with Crippen molar-refractivity contribution in [3.05, 3.63) is 0 Å². The summed E-state index contributed by atoms with van der Waals surface area (Å²) in [6, 6.07) is 0.700. The van der Waals surface area contributed by atoms with E-state index in [0.717, 1.165) is 38.4 Å². The van der Waals surface area contributed by atoms with Gasteiger partial charge in [-0.1, -0.05) is 0 Å². The van der Waals surface area contributed by atoms with Gasteiger partial charge in [-0.2, -0.15) is 0 Å². The molecule has 3 aliphatic rings. The van der Waals surface area contributed by atoms with Crippen molar-refractivity contribution < 1.29 is 9.47 Å². The van der Waals surface area contributed by atoms with Crippen molar-refractivity contribution in [3.8, 4) is 0 Å². The van der Waals surface area contributed by atoms with Crippen molar-refractivity contribution in [3.63, 3.8) is 0 Å². The molecule has 0 bridgehead atoms. The molecule has 3 rings (SSSR count). The van der Waals surface area contributed by atoms with E-state index in [1.54, 1.807) is 0 Å². The summed E-state index contributed by atoms with van der Waals surface area (Å²) in [5.41, 5.74) is 6.42. The Morgan fingerprint density at radius 1 is 1.14 bits per heavy atom. The van der Waals surface area contributed by atoms with E-state index in [2.05, 4.69) is 23.9 Å². The van der Waals surface area contributed by atoms with Crippen LogP contribution >= 0.6 is 0 Å². The molecule has 2 aliphatic heterocycles. The minimum absolute atomic E-state index is 0.272. The second-order valence-corrected chi connectivity index (χ2v) is 7.32. The predicted molar refractivity (Wildman–Crippen MR) is 83.1 cm³/mol. The van der Waals surface area contributed by atoms with Crippen molar-refractivity contribution in [2.75, 3.05) is 46.9 Å². The first-order valence-electron chi connectivity index (χ1n) is 8.50. The van der Waals surface area contributed by atoms with Crippen LogP contribution in [0.5, 0.6) is 0 Å². The number of hydrogen-bond donors (Lipinski definition) is 1. The quantitative estimate of drug-likeness (QED) is 0.838. The maximum atomic E-state index is 6.42. The Hall–Kier alpha value is -0.200. The fourth-order valence-corrected chi connectivity index (χ4v) is 4.29. The SMILES string of the molecule is CN(C)CC1CCN(C2CC3(CCC2N)OCCO3)CC1. The van der Waals surface area contributed by atoms with E-state index in [1.807, 2.05) is 0 Å². The van der Waals surface area contributed by atoms with E-state index in [-0.39, 0.29) is 11.8 Å². The molecular weight excluding hydrogens is 266 g/mol. The van der Waals surface area contributed by atoms with Crippen LogP contribution in [0.25, 0.3) is 0 Å². The summed E-state index contributed by atoms with van der Waals surface area (Å²) in [6.07, 6.45) is 5.50. The maximum Gasteiger partial charge on any atom is 0.170 e. The van der Waals surface area contributed by atoms with E-state index in [0.29, 0.717) is 6.04 Å². The summed E-state index contributed by atoms with van der Waals surface area (Å²) < 4.78 is 11.8. The van der Waals surface area contributed by atoms with Gasteiger partial charge in [-0.3, -0.25) is 4.90 Å². The van der Waals surface area contributed by atoms with Gasteiger partial charge in [0.1, 0.15) is 0 Å². The van der Waals surface area contributed by atoms with E-state index < -0.39 is 0 Å². The van der Waals surface area contributed by atoms with Gasteiger partial charge in [-0.25, -0.2) is 0 Å². The van der Waals surface area contributed by atoms with Gasteiger partial charge in [0.15, 0.2) is 5.79 Å². The number of rotatable bonds is 3. The number of piperidine rings is 1. The number of hydrogen-bond acceptors (Lipinski definition) is 5. The number of nitrogens with zero attached hydrogens (tertiary/aromatic N) is 2. The molecule has 0 aromatic heterocycles. The number of ether oxygens (including phenoxy) is 2. The predicted octanol–water partition coefficient (Wildman–Crippen LogP) is 0.883.